The van der Waals surface area contributed by atoms with Gasteiger partial charge in [0.2, 0.25) is 0 Å². The summed E-state index contributed by atoms with van der Waals surface area (Å²) in [4.78, 5) is 11.0. The zero-order valence-electron chi connectivity index (χ0n) is 11.1. The van der Waals surface area contributed by atoms with Crippen LogP contribution in [0.1, 0.15) is 55.2 Å². The van der Waals surface area contributed by atoms with E-state index in [2.05, 4.69) is 29.6 Å². The maximum Gasteiger partial charge on any atom is 0.307 e. The summed E-state index contributed by atoms with van der Waals surface area (Å²) < 4.78 is 0. The van der Waals surface area contributed by atoms with E-state index in [0.29, 0.717) is 13.0 Å². The number of benzene rings is 1. The van der Waals surface area contributed by atoms with Crippen LogP contribution in [0.5, 0.6) is 0 Å². The third kappa shape index (κ3) is 2.66. The van der Waals surface area contributed by atoms with Gasteiger partial charge in [0.05, 0.1) is 5.92 Å². The predicted octanol–water partition coefficient (Wildman–Crippen LogP) is 3.08. The van der Waals surface area contributed by atoms with Crippen LogP contribution in [0.15, 0.2) is 24.3 Å². The van der Waals surface area contributed by atoms with Gasteiger partial charge in [0.25, 0.3) is 0 Å². The van der Waals surface area contributed by atoms with E-state index in [0.717, 1.165) is 5.92 Å². The van der Waals surface area contributed by atoms with E-state index in [4.69, 9.17) is 5.11 Å². The normalized spacial score (nSPS) is 27.8. The summed E-state index contributed by atoms with van der Waals surface area (Å²) in [7, 11) is 0. The van der Waals surface area contributed by atoms with E-state index in [-0.39, 0.29) is 12.0 Å². The van der Waals surface area contributed by atoms with Gasteiger partial charge in [-0.3, -0.25) is 4.79 Å². The van der Waals surface area contributed by atoms with E-state index in [1.165, 1.54) is 36.8 Å². The van der Waals surface area contributed by atoms with Crippen LogP contribution in [-0.2, 0) is 4.79 Å². The summed E-state index contributed by atoms with van der Waals surface area (Å²) in [6, 6.07) is 9.03. The third-order valence-corrected chi connectivity index (χ3v) is 4.65. The molecule has 1 aromatic carbocycles. The predicted molar refractivity (Wildman–Crippen MR) is 74.1 cm³/mol. The van der Waals surface area contributed by atoms with Gasteiger partial charge in [-0.05, 0) is 36.3 Å². The Morgan fingerprint density at radius 2 is 1.74 bits per heavy atom. The molecular weight excluding hydrogens is 238 g/mol. The number of carbonyl (C=O) groups is 1. The molecule has 2 N–H and O–H groups in total. The van der Waals surface area contributed by atoms with E-state index in [1.54, 1.807) is 0 Å². The van der Waals surface area contributed by atoms with E-state index in [9.17, 15) is 4.79 Å². The van der Waals surface area contributed by atoms with Crippen molar-refractivity contribution < 1.29 is 9.90 Å². The quantitative estimate of drug-likeness (QED) is 0.877. The molecule has 3 nitrogen and oxygen atoms in total. The van der Waals surface area contributed by atoms with Crippen molar-refractivity contribution >= 4 is 5.97 Å². The summed E-state index contributed by atoms with van der Waals surface area (Å²) in [5, 5.41) is 12.3. The first kappa shape index (κ1) is 12.7. The first-order valence-corrected chi connectivity index (χ1v) is 7.30. The first-order valence-electron chi connectivity index (χ1n) is 7.30. The highest BCUT2D eigenvalue weighted by Crippen LogP contribution is 2.35. The maximum absolute atomic E-state index is 11.0. The van der Waals surface area contributed by atoms with Crippen molar-refractivity contribution in [2.24, 2.45) is 5.92 Å². The fourth-order valence-corrected chi connectivity index (χ4v) is 3.44. The first-order chi connectivity index (χ1) is 9.24. The maximum atomic E-state index is 11.0. The lowest BCUT2D eigenvalue weighted by atomic mass is 9.94. The molecule has 2 fully saturated rings. The molecule has 0 aromatic heterocycles. The molecule has 3 rings (SSSR count). The van der Waals surface area contributed by atoms with Crippen molar-refractivity contribution in [1.82, 2.24) is 5.32 Å². The largest absolute Gasteiger partial charge is 0.481 e. The van der Waals surface area contributed by atoms with Crippen LogP contribution in [0.3, 0.4) is 0 Å². The number of aliphatic carboxylic acids is 1. The van der Waals surface area contributed by atoms with Crippen molar-refractivity contribution in [3.63, 3.8) is 0 Å². The molecule has 1 aliphatic heterocycles. The highest BCUT2D eigenvalue weighted by atomic mass is 16.4. The minimum Gasteiger partial charge on any atom is -0.481 e. The minimum absolute atomic E-state index is 0.207. The Bertz CT molecular complexity index is 448. The molecule has 1 aliphatic carbocycles. The lowest BCUT2D eigenvalue weighted by Gasteiger charge is -2.14. The number of rotatable bonds is 3. The monoisotopic (exact) mass is 259 g/mol. The fraction of sp³-hybridized carbons (Fsp3) is 0.562. The zero-order valence-corrected chi connectivity index (χ0v) is 11.1. The van der Waals surface area contributed by atoms with Crippen molar-refractivity contribution in [2.75, 3.05) is 6.54 Å². The Labute approximate surface area is 114 Å². The van der Waals surface area contributed by atoms with Crippen LogP contribution in [0.4, 0.5) is 0 Å². The van der Waals surface area contributed by atoms with E-state index in [1.807, 2.05) is 0 Å². The Hall–Kier alpha value is -1.35. The average molecular weight is 259 g/mol. The molecule has 0 amide bonds. The molecule has 1 saturated carbocycles. The molecule has 2 aliphatic rings. The number of nitrogens with one attached hydrogen (secondary N) is 1. The molecule has 0 spiro atoms. The lowest BCUT2D eigenvalue weighted by Crippen LogP contribution is -2.17. The lowest BCUT2D eigenvalue weighted by molar-refractivity contribution is -0.141. The second-order valence-electron chi connectivity index (χ2n) is 5.88. The Morgan fingerprint density at radius 1 is 1.11 bits per heavy atom. The van der Waals surface area contributed by atoms with Crippen LogP contribution in [0.25, 0.3) is 0 Å². The number of carboxylic acids is 1. The molecule has 2 atom stereocenters. The van der Waals surface area contributed by atoms with Crippen molar-refractivity contribution in [1.29, 1.82) is 0 Å². The second kappa shape index (κ2) is 5.33. The van der Waals surface area contributed by atoms with Gasteiger partial charge in [-0.2, -0.15) is 0 Å². The van der Waals surface area contributed by atoms with Gasteiger partial charge in [0.15, 0.2) is 0 Å². The van der Waals surface area contributed by atoms with Crippen LogP contribution in [0.2, 0.25) is 0 Å². The molecule has 102 valence electrons. The molecule has 2 unspecified atom stereocenters. The van der Waals surface area contributed by atoms with Crippen LogP contribution in [0, 0.1) is 5.92 Å². The van der Waals surface area contributed by atoms with Gasteiger partial charge in [0, 0.05) is 12.6 Å². The molecular formula is C16H21NO2. The van der Waals surface area contributed by atoms with Crippen molar-refractivity contribution in [3.8, 4) is 0 Å². The molecule has 19 heavy (non-hydrogen) atoms. The highest BCUT2D eigenvalue weighted by Gasteiger charge is 2.30. The summed E-state index contributed by atoms with van der Waals surface area (Å²) in [6.07, 6.45) is 6.07. The number of hydrogen-bond acceptors (Lipinski definition) is 2. The van der Waals surface area contributed by atoms with Gasteiger partial charge >= 0.3 is 5.97 Å². The van der Waals surface area contributed by atoms with Crippen molar-refractivity contribution in [2.45, 2.75) is 44.1 Å². The summed E-state index contributed by atoms with van der Waals surface area (Å²) >= 11 is 0. The van der Waals surface area contributed by atoms with Gasteiger partial charge in [-0.15, -0.1) is 0 Å². The highest BCUT2D eigenvalue weighted by molar-refractivity contribution is 5.70. The van der Waals surface area contributed by atoms with Gasteiger partial charge in [0.1, 0.15) is 0 Å². The van der Waals surface area contributed by atoms with Gasteiger partial charge in [-0.25, -0.2) is 0 Å². The molecule has 1 saturated heterocycles. The Morgan fingerprint density at radius 3 is 2.32 bits per heavy atom. The molecule has 0 bridgehead atoms. The fourth-order valence-electron chi connectivity index (χ4n) is 3.44. The third-order valence-electron chi connectivity index (χ3n) is 4.65. The average Bonchev–Trinajstić information content (AvgIpc) is 3.11. The standard InChI is InChI=1S/C16H21NO2/c18-16(19)14-9-15(17-10-14)13-7-5-12(6-8-13)11-3-1-2-4-11/h5-8,11,14-15,17H,1-4,9-10H2,(H,18,19). The van der Waals surface area contributed by atoms with Gasteiger partial charge < -0.3 is 10.4 Å². The summed E-state index contributed by atoms with van der Waals surface area (Å²) in [5.74, 6) is -0.172. The SMILES string of the molecule is O=C(O)C1CNC(c2ccc(C3CCCC3)cc2)C1. The summed E-state index contributed by atoms with van der Waals surface area (Å²) in [5.41, 5.74) is 2.68. The zero-order chi connectivity index (χ0) is 13.2. The van der Waals surface area contributed by atoms with Crippen molar-refractivity contribution in [3.05, 3.63) is 35.4 Å². The van der Waals surface area contributed by atoms with Crippen LogP contribution >= 0.6 is 0 Å². The Kier molecular flexibility index (Phi) is 3.56. The Balaban J connectivity index is 1.67. The molecule has 1 heterocycles. The second-order valence-corrected chi connectivity index (χ2v) is 5.88. The van der Waals surface area contributed by atoms with Gasteiger partial charge in [-0.1, -0.05) is 37.1 Å². The molecule has 3 heteroatoms. The van der Waals surface area contributed by atoms with Crippen LogP contribution < -0.4 is 5.32 Å². The van der Waals surface area contributed by atoms with E-state index < -0.39 is 5.97 Å². The smallest absolute Gasteiger partial charge is 0.307 e. The number of hydrogen-bond donors (Lipinski definition) is 2. The molecule has 1 aromatic rings. The summed E-state index contributed by atoms with van der Waals surface area (Å²) in [6.45, 7) is 0.588. The van der Waals surface area contributed by atoms with Crippen LogP contribution in [-0.4, -0.2) is 17.6 Å². The molecule has 0 radical (unpaired) electrons. The minimum atomic E-state index is -0.683. The number of carboxylic acid groups (broad SMARTS) is 1. The van der Waals surface area contributed by atoms with E-state index >= 15 is 0 Å². The topological polar surface area (TPSA) is 49.3 Å².